The normalized spacial score (nSPS) is 13.4. The van der Waals surface area contributed by atoms with Gasteiger partial charge in [-0.15, -0.1) is 11.3 Å². The number of rotatable bonds is 16. The lowest BCUT2D eigenvalue weighted by molar-refractivity contribution is -0.142. The molecule has 2 heterocycles. The molecule has 0 radical (unpaired) electrons. The third kappa shape index (κ3) is 9.83. The lowest BCUT2D eigenvalue weighted by Gasteiger charge is -2.26. The largest absolute Gasteiger partial charge is 0.480 e. The minimum atomic E-state index is -1.49. The third-order valence-corrected chi connectivity index (χ3v) is 9.05. The molecule has 4 atom stereocenters. The Morgan fingerprint density at radius 3 is 2.02 bits per heavy atom. The molecule has 15 heteroatoms. The van der Waals surface area contributed by atoms with Crippen molar-refractivity contribution in [2.75, 3.05) is 6.61 Å². The Morgan fingerprint density at radius 2 is 1.37 bits per heavy atom. The van der Waals surface area contributed by atoms with Gasteiger partial charge in [-0.3, -0.25) is 19.2 Å². The highest BCUT2D eigenvalue weighted by molar-refractivity contribution is 7.17. The van der Waals surface area contributed by atoms with Crippen LogP contribution in [-0.2, 0) is 38.4 Å². The van der Waals surface area contributed by atoms with Crippen LogP contribution in [0.5, 0.6) is 0 Å². The van der Waals surface area contributed by atoms with Crippen molar-refractivity contribution in [3.63, 3.8) is 0 Å². The smallest absolute Gasteiger partial charge is 0.326 e. The van der Waals surface area contributed by atoms with Gasteiger partial charge in [0.05, 0.1) is 12.9 Å². The number of carbonyl (C=O) groups excluding carboxylic acids is 4. The topological polar surface area (TPSA) is 203 Å². The number of hydrogen-bond acceptors (Lipinski definition) is 8. The van der Waals surface area contributed by atoms with Gasteiger partial charge in [0, 0.05) is 41.4 Å². The summed E-state index contributed by atoms with van der Waals surface area (Å²) in [5, 5.41) is 32.8. The van der Waals surface area contributed by atoms with Gasteiger partial charge in [-0.25, -0.2) is 14.2 Å². The summed E-state index contributed by atoms with van der Waals surface area (Å²) in [7, 11) is 0. The van der Waals surface area contributed by atoms with Crippen LogP contribution in [0.2, 0.25) is 0 Å². The zero-order chi connectivity index (χ0) is 36.3. The highest BCUT2D eigenvalue weighted by Crippen LogP contribution is 2.26. The van der Waals surface area contributed by atoms with E-state index in [4.69, 9.17) is 0 Å². The Hall–Kier alpha value is -5.93. The average molecular weight is 715 g/mol. The molecule has 4 amide bonds. The molecule has 5 rings (SSSR count). The van der Waals surface area contributed by atoms with Crippen molar-refractivity contribution >= 4 is 51.0 Å². The van der Waals surface area contributed by atoms with E-state index in [-0.39, 0.29) is 24.8 Å². The number of carbonyl (C=O) groups is 5. The molecule has 13 nitrogen and oxygen atoms in total. The van der Waals surface area contributed by atoms with E-state index in [1.165, 1.54) is 36.0 Å². The van der Waals surface area contributed by atoms with Gasteiger partial charge in [0.2, 0.25) is 17.7 Å². The van der Waals surface area contributed by atoms with Gasteiger partial charge in [0.15, 0.2) is 0 Å². The molecule has 0 saturated carbocycles. The molecule has 0 unspecified atom stereocenters. The number of carboxylic acid groups (broad SMARTS) is 1. The van der Waals surface area contributed by atoms with E-state index in [2.05, 4.69) is 31.2 Å². The predicted molar refractivity (Wildman–Crippen MR) is 186 cm³/mol. The molecule has 264 valence electrons. The first kappa shape index (κ1) is 36.4. The number of H-pyrrole nitrogens is 1. The number of hydrogen-bond donors (Lipinski definition) is 7. The van der Waals surface area contributed by atoms with Crippen LogP contribution in [0.15, 0.2) is 96.8 Å². The van der Waals surface area contributed by atoms with Crippen LogP contribution in [0.1, 0.15) is 27.2 Å². The predicted octanol–water partition coefficient (Wildman–Crippen LogP) is 2.12. The molecule has 0 aliphatic rings. The standard InChI is InChI=1S/C36H35FN6O7S/c37-24-12-10-22(11-13-24)32(45)43-30(18-44)35(48)41-28(15-23-19-51-31-9-5-4-8-26(23)31)34(47)40-27(14-21-6-2-1-3-7-21)33(46)42-29(36(49)50)16-25-17-38-20-39-25/h1-13,17,19-20,27-30,44H,14-16,18H2,(H,38,39)(H,40,47)(H,41,48)(H,42,46)(H,43,45)(H,49,50)/t27-,28+,29+,30+/m1/s1. The number of nitrogens with zero attached hydrogens (tertiary/aromatic N) is 1. The summed E-state index contributed by atoms with van der Waals surface area (Å²) in [6.45, 7) is -0.819. The first-order chi connectivity index (χ1) is 24.6. The minimum Gasteiger partial charge on any atom is -0.480 e. The van der Waals surface area contributed by atoms with E-state index in [1.54, 1.807) is 30.3 Å². The Morgan fingerprint density at radius 1 is 0.745 bits per heavy atom. The maximum absolute atomic E-state index is 14.1. The summed E-state index contributed by atoms with van der Waals surface area (Å²) in [6.07, 6.45) is 2.69. The van der Waals surface area contributed by atoms with Gasteiger partial charge < -0.3 is 36.5 Å². The molecule has 0 bridgehead atoms. The van der Waals surface area contributed by atoms with Crippen molar-refractivity contribution < 1.29 is 38.6 Å². The van der Waals surface area contributed by atoms with Crippen molar-refractivity contribution in [3.8, 4) is 0 Å². The second kappa shape index (κ2) is 17.1. The van der Waals surface area contributed by atoms with E-state index < -0.39 is 66.2 Å². The van der Waals surface area contributed by atoms with Crippen LogP contribution in [0.4, 0.5) is 4.39 Å². The van der Waals surface area contributed by atoms with Gasteiger partial charge in [-0.05, 0) is 52.2 Å². The molecule has 0 spiro atoms. The van der Waals surface area contributed by atoms with Crippen LogP contribution >= 0.6 is 11.3 Å². The zero-order valence-electron chi connectivity index (χ0n) is 27.0. The fourth-order valence-corrected chi connectivity index (χ4v) is 6.32. The maximum Gasteiger partial charge on any atom is 0.326 e. The highest BCUT2D eigenvalue weighted by Gasteiger charge is 2.32. The summed E-state index contributed by atoms with van der Waals surface area (Å²) < 4.78 is 14.3. The number of thiophene rings is 1. The lowest BCUT2D eigenvalue weighted by Crippen LogP contribution is -2.59. The molecular formula is C36H35FN6O7S. The summed E-state index contributed by atoms with van der Waals surface area (Å²) in [4.78, 5) is 72.9. The third-order valence-electron chi connectivity index (χ3n) is 8.04. The number of aromatic nitrogens is 2. The molecule has 3 aromatic carbocycles. The first-order valence-electron chi connectivity index (χ1n) is 15.9. The summed E-state index contributed by atoms with van der Waals surface area (Å²) >= 11 is 1.44. The molecule has 7 N–H and O–H groups in total. The number of aliphatic hydroxyl groups is 1. The molecule has 0 aliphatic heterocycles. The molecule has 51 heavy (non-hydrogen) atoms. The number of nitrogens with one attached hydrogen (secondary N) is 5. The number of carboxylic acids is 1. The van der Waals surface area contributed by atoms with E-state index in [0.717, 1.165) is 27.8 Å². The zero-order valence-corrected chi connectivity index (χ0v) is 27.9. The molecule has 5 aromatic rings. The van der Waals surface area contributed by atoms with Crippen molar-refractivity contribution in [2.24, 2.45) is 0 Å². The van der Waals surface area contributed by atoms with Gasteiger partial charge in [0.25, 0.3) is 5.91 Å². The number of amides is 4. The number of benzene rings is 3. The number of imidazole rings is 1. The molecule has 0 saturated heterocycles. The molecule has 0 aliphatic carbocycles. The molecule has 0 fully saturated rings. The van der Waals surface area contributed by atoms with Gasteiger partial charge >= 0.3 is 5.97 Å². The summed E-state index contributed by atoms with van der Waals surface area (Å²) in [6, 6.07) is 15.4. The number of aliphatic hydroxyl groups excluding tert-OH is 1. The SMILES string of the molecule is O=C(N[C@@H](CO)C(=O)N[C@@H](Cc1csc2ccccc12)C(=O)N[C@H](Cc1ccccc1)C(=O)N[C@@H](Cc1cnc[nH]1)C(=O)O)c1ccc(F)cc1. The number of fused-ring (bicyclic) bond motifs is 1. The Kier molecular flexibility index (Phi) is 12.2. The highest BCUT2D eigenvalue weighted by atomic mass is 32.1. The van der Waals surface area contributed by atoms with E-state index in [1.807, 2.05) is 29.6 Å². The van der Waals surface area contributed by atoms with Crippen LogP contribution < -0.4 is 21.3 Å². The van der Waals surface area contributed by atoms with Crippen molar-refractivity contribution in [3.05, 3.63) is 125 Å². The van der Waals surface area contributed by atoms with E-state index >= 15 is 0 Å². The first-order valence-corrected chi connectivity index (χ1v) is 16.8. The number of halogens is 1. The Bertz CT molecular complexity index is 1970. The summed E-state index contributed by atoms with van der Waals surface area (Å²) in [5.41, 5.74) is 1.92. The van der Waals surface area contributed by atoms with Crippen molar-refractivity contribution in [1.82, 2.24) is 31.2 Å². The number of aliphatic carboxylic acids is 1. The summed E-state index contributed by atoms with van der Waals surface area (Å²) in [5.74, 6) is -5.04. The van der Waals surface area contributed by atoms with Gasteiger partial charge in [-0.1, -0.05) is 48.5 Å². The fourth-order valence-electron chi connectivity index (χ4n) is 5.35. The lowest BCUT2D eigenvalue weighted by atomic mass is 10.0. The van der Waals surface area contributed by atoms with Crippen LogP contribution in [0.25, 0.3) is 10.1 Å². The van der Waals surface area contributed by atoms with Crippen molar-refractivity contribution in [2.45, 2.75) is 43.4 Å². The quantitative estimate of drug-likeness (QED) is 0.0805. The Labute approximate surface area is 295 Å². The van der Waals surface area contributed by atoms with Crippen molar-refractivity contribution in [1.29, 1.82) is 0 Å². The second-order valence-corrected chi connectivity index (χ2v) is 12.6. The fraction of sp³-hybridized carbons (Fsp3) is 0.222. The van der Waals surface area contributed by atoms with Gasteiger partial charge in [-0.2, -0.15) is 0 Å². The maximum atomic E-state index is 14.1. The second-order valence-electron chi connectivity index (χ2n) is 11.7. The van der Waals surface area contributed by atoms with Gasteiger partial charge in [0.1, 0.15) is 30.0 Å². The van der Waals surface area contributed by atoms with E-state index in [0.29, 0.717) is 11.3 Å². The number of aromatic amines is 1. The minimum absolute atomic E-state index is 0.0101. The molecule has 2 aromatic heterocycles. The molecular weight excluding hydrogens is 679 g/mol. The van der Waals surface area contributed by atoms with Crippen LogP contribution in [0.3, 0.4) is 0 Å². The van der Waals surface area contributed by atoms with E-state index in [9.17, 15) is 38.6 Å². The Balaban J connectivity index is 1.39. The van der Waals surface area contributed by atoms with Crippen LogP contribution in [0, 0.1) is 5.82 Å². The monoisotopic (exact) mass is 714 g/mol. The van der Waals surface area contributed by atoms with Crippen LogP contribution in [-0.4, -0.2) is 80.6 Å². The average Bonchev–Trinajstić information content (AvgIpc) is 3.80.